The van der Waals surface area contributed by atoms with Gasteiger partial charge in [-0.15, -0.1) is 0 Å². The number of ether oxygens (including phenoxy) is 1. The molecule has 2 amide bonds. The third kappa shape index (κ3) is 3.04. The standard InChI is InChI=1S/C27H21F2N5O3/c1-32-12-15-8-14(11-30-23(15)26(32)36)13-6-7-17-18(9-13)34-19-10-20(24(34)31-17)33(2)25(35)16-4-3-5-21(22(16)19)37-27(28)29/h3-9,11,19-20,27H,10,12H2,1-2H3/t19-,20-/m1/s1. The van der Waals surface area contributed by atoms with Crippen molar-refractivity contribution in [3.8, 4) is 16.9 Å². The zero-order valence-electron chi connectivity index (χ0n) is 20.0. The Morgan fingerprint density at radius 3 is 2.68 bits per heavy atom. The highest BCUT2D eigenvalue weighted by molar-refractivity contribution is 5.98. The van der Waals surface area contributed by atoms with Gasteiger partial charge in [0.1, 0.15) is 17.3 Å². The predicted octanol–water partition coefficient (Wildman–Crippen LogP) is 4.41. The topological polar surface area (TPSA) is 80.6 Å². The van der Waals surface area contributed by atoms with Crippen LogP contribution >= 0.6 is 0 Å². The van der Waals surface area contributed by atoms with Gasteiger partial charge in [0.05, 0.1) is 23.1 Å². The van der Waals surface area contributed by atoms with Crippen molar-refractivity contribution >= 4 is 22.8 Å². The molecule has 0 aliphatic carbocycles. The summed E-state index contributed by atoms with van der Waals surface area (Å²) in [5.74, 6) is 0.380. The molecule has 10 heteroatoms. The zero-order valence-corrected chi connectivity index (χ0v) is 20.0. The molecule has 3 aliphatic heterocycles. The summed E-state index contributed by atoms with van der Waals surface area (Å²) in [6.45, 7) is -2.50. The van der Waals surface area contributed by atoms with Crippen LogP contribution in [0.3, 0.4) is 0 Å². The van der Waals surface area contributed by atoms with Crippen molar-refractivity contribution in [3.05, 3.63) is 76.9 Å². The number of rotatable bonds is 3. The van der Waals surface area contributed by atoms with Crippen LogP contribution < -0.4 is 4.74 Å². The molecule has 8 nitrogen and oxygen atoms in total. The smallest absolute Gasteiger partial charge is 0.387 e. The van der Waals surface area contributed by atoms with E-state index in [0.717, 1.165) is 27.7 Å². The number of pyridine rings is 1. The number of halogens is 2. The molecule has 37 heavy (non-hydrogen) atoms. The number of alkyl halides is 2. The maximum Gasteiger partial charge on any atom is 0.387 e. The number of fused-ring (bicyclic) bond motifs is 10. The minimum Gasteiger partial charge on any atom is -0.434 e. The Kier molecular flexibility index (Phi) is 4.49. The molecule has 0 unspecified atom stereocenters. The normalized spacial score (nSPS) is 19.9. The minimum atomic E-state index is -3.01. The summed E-state index contributed by atoms with van der Waals surface area (Å²) in [7, 11) is 3.46. The molecule has 0 saturated heterocycles. The van der Waals surface area contributed by atoms with Crippen molar-refractivity contribution < 1.29 is 23.1 Å². The van der Waals surface area contributed by atoms with E-state index in [-0.39, 0.29) is 23.6 Å². The van der Waals surface area contributed by atoms with Gasteiger partial charge in [0, 0.05) is 55.5 Å². The fourth-order valence-electron chi connectivity index (χ4n) is 5.95. The molecule has 186 valence electrons. The first-order valence-electron chi connectivity index (χ1n) is 11.9. The van der Waals surface area contributed by atoms with Crippen LogP contribution in [-0.2, 0) is 6.54 Å². The summed E-state index contributed by atoms with van der Waals surface area (Å²) >= 11 is 0. The summed E-state index contributed by atoms with van der Waals surface area (Å²) < 4.78 is 33.6. The molecule has 0 spiro atoms. The van der Waals surface area contributed by atoms with Gasteiger partial charge >= 0.3 is 6.61 Å². The number of amides is 2. The number of nitrogens with zero attached hydrogens (tertiary/aromatic N) is 5. The molecule has 3 aliphatic rings. The van der Waals surface area contributed by atoms with Crippen LogP contribution in [0.2, 0.25) is 0 Å². The lowest BCUT2D eigenvalue weighted by atomic mass is 9.97. The molecule has 0 saturated carbocycles. The highest BCUT2D eigenvalue weighted by Crippen LogP contribution is 2.50. The van der Waals surface area contributed by atoms with Gasteiger partial charge in [-0.2, -0.15) is 8.78 Å². The van der Waals surface area contributed by atoms with E-state index in [2.05, 4.69) is 4.98 Å². The van der Waals surface area contributed by atoms with Crippen molar-refractivity contribution in [1.82, 2.24) is 24.3 Å². The largest absolute Gasteiger partial charge is 0.434 e. The van der Waals surface area contributed by atoms with Gasteiger partial charge in [-0.05, 0) is 35.9 Å². The van der Waals surface area contributed by atoms with E-state index >= 15 is 0 Å². The SMILES string of the molecule is CN1Cc2cc(-c3ccc4nc5n(c4c3)[C@@H]3C[C@H]5N(C)C(=O)c4cccc(OC(F)F)c43)cnc2C1=O. The van der Waals surface area contributed by atoms with Crippen molar-refractivity contribution in [3.63, 3.8) is 0 Å². The van der Waals surface area contributed by atoms with E-state index in [1.807, 2.05) is 28.8 Å². The molecule has 2 bridgehead atoms. The average Bonchev–Trinajstić information content (AvgIpc) is 3.50. The summed E-state index contributed by atoms with van der Waals surface area (Å²) in [5.41, 5.74) is 5.49. The van der Waals surface area contributed by atoms with Gasteiger partial charge in [-0.1, -0.05) is 12.1 Å². The maximum absolute atomic E-state index is 13.3. The van der Waals surface area contributed by atoms with E-state index in [0.29, 0.717) is 35.6 Å². The zero-order chi connectivity index (χ0) is 25.6. The first kappa shape index (κ1) is 21.9. The van der Waals surface area contributed by atoms with E-state index in [1.165, 1.54) is 6.07 Å². The second kappa shape index (κ2) is 7.58. The summed E-state index contributed by atoms with van der Waals surface area (Å²) in [6, 6.07) is 11.9. The summed E-state index contributed by atoms with van der Waals surface area (Å²) in [5, 5.41) is 0. The summed E-state index contributed by atoms with van der Waals surface area (Å²) in [4.78, 5) is 38.1. The minimum absolute atomic E-state index is 0.00219. The molecule has 2 aromatic heterocycles. The van der Waals surface area contributed by atoms with Gasteiger partial charge in [-0.3, -0.25) is 14.6 Å². The molecule has 0 N–H and O–H groups in total. The molecule has 5 heterocycles. The van der Waals surface area contributed by atoms with Gasteiger partial charge in [0.25, 0.3) is 11.8 Å². The highest BCUT2D eigenvalue weighted by Gasteiger charge is 2.45. The van der Waals surface area contributed by atoms with Crippen LogP contribution in [0.25, 0.3) is 22.2 Å². The quantitative estimate of drug-likeness (QED) is 0.416. The maximum atomic E-state index is 13.3. The third-order valence-electron chi connectivity index (χ3n) is 7.66. The van der Waals surface area contributed by atoms with Crippen LogP contribution in [0.15, 0.2) is 48.7 Å². The number of benzene rings is 2. The number of carbonyl (C=O) groups is 2. The molecule has 7 rings (SSSR count). The van der Waals surface area contributed by atoms with Crippen LogP contribution in [0.4, 0.5) is 8.78 Å². The number of imidazole rings is 1. The first-order chi connectivity index (χ1) is 17.8. The number of aromatic nitrogens is 3. The second-order valence-corrected chi connectivity index (χ2v) is 9.72. The Balaban J connectivity index is 1.41. The lowest BCUT2D eigenvalue weighted by molar-refractivity contribution is -0.0507. The Hall–Kier alpha value is -4.34. The molecule has 2 aromatic carbocycles. The Bertz CT molecular complexity index is 1650. The van der Waals surface area contributed by atoms with Gasteiger partial charge in [-0.25, -0.2) is 4.98 Å². The van der Waals surface area contributed by atoms with Crippen molar-refractivity contribution in [1.29, 1.82) is 0 Å². The molecule has 4 aromatic rings. The van der Waals surface area contributed by atoms with E-state index in [9.17, 15) is 18.4 Å². The van der Waals surface area contributed by atoms with Crippen molar-refractivity contribution in [2.75, 3.05) is 14.1 Å². The van der Waals surface area contributed by atoms with Crippen molar-refractivity contribution in [2.45, 2.75) is 31.7 Å². The Labute approximate surface area is 210 Å². The van der Waals surface area contributed by atoms with E-state index in [4.69, 9.17) is 9.72 Å². The number of hydrogen-bond acceptors (Lipinski definition) is 5. The average molecular weight is 501 g/mol. The Morgan fingerprint density at radius 1 is 1.03 bits per heavy atom. The lowest BCUT2D eigenvalue weighted by Gasteiger charge is -2.24. The molecular weight excluding hydrogens is 480 g/mol. The van der Waals surface area contributed by atoms with Crippen LogP contribution in [0.5, 0.6) is 5.75 Å². The predicted molar refractivity (Wildman–Crippen MR) is 129 cm³/mol. The van der Waals surface area contributed by atoms with E-state index in [1.54, 1.807) is 42.2 Å². The molecule has 0 radical (unpaired) electrons. The number of hydrogen-bond donors (Lipinski definition) is 0. The van der Waals surface area contributed by atoms with E-state index < -0.39 is 12.7 Å². The highest BCUT2D eigenvalue weighted by atomic mass is 19.3. The van der Waals surface area contributed by atoms with Gasteiger partial charge in [0.15, 0.2) is 0 Å². The third-order valence-corrected chi connectivity index (χ3v) is 7.66. The van der Waals surface area contributed by atoms with Crippen LogP contribution in [0.1, 0.15) is 56.3 Å². The number of carbonyl (C=O) groups excluding carboxylic acids is 2. The first-order valence-corrected chi connectivity index (χ1v) is 11.9. The Morgan fingerprint density at radius 2 is 1.86 bits per heavy atom. The fourth-order valence-corrected chi connectivity index (χ4v) is 5.95. The van der Waals surface area contributed by atoms with Crippen LogP contribution in [-0.4, -0.2) is 56.9 Å². The van der Waals surface area contributed by atoms with Crippen LogP contribution in [0, 0.1) is 0 Å². The molecule has 0 fully saturated rings. The van der Waals surface area contributed by atoms with Gasteiger partial charge in [0.2, 0.25) is 0 Å². The van der Waals surface area contributed by atoms with Crippen molar-refractivity contribution in [2.24, 2.45) is 0 Å². The van der Waals surface area contributed by atoms with Gasteiger partial charge < -0.3 is 19.1 Å². The molecule has 2 atom stereocenters. The summed E-state index contributed by atoms with van der Waals surface area (Å²) in [6.07, 6.45) is 2.20. The lowest BCUT2D eigenvalue weighted by Crippen LogP contribution is -2.30. The molecular formula is C27H21F2N5O3. The monoisotopic (exact) mass is 501 g/mol. The second-order valence-electron chi connectivity index (χ2n) is 9.72. The fraction of sp³-hybridized carbons (Fsp3) is 0.259.